The minimum absolute atomic E-state index is 0.304. The van der Waals surface area contributed by atoms with E-state index in [2.05, 4.69) is 10.4 Å². The lowest BCUT2D eigenvalue weighted by atomic mass is 10.2. The second kappa shape index (κ2) is 7.53. The van der Waals surface area contributed by atoms with E-state index in [1.807, 2.05) is 0 Å². The Morgan fingerprint density at radius 3 is 2.69 bits per heavy atom. The molecule has 0 bridgehead atoms. The van der Waals surface area contributed by atoms with E-state index in [1.54, 1.807) is 30.0 Å². The molecule has 5 nitrogen and oxygen atoms in total. The molecule has 0 saturated carbocycles. The second-order valence-electron chi connectivity index (χ2n) is 5.43. The van der Waals surface area contributed by atoms with E-state index < -0.39 is 23.1 Å². The van der Waals surface area contributed by atoms with E-state index in [-0.39, 0.29) is 0 Å². The molecular weight excluding hydrogens is 364 g/mol. The number of ether oxygens (including phenoxy) is 1. The maximum absolute atomic E-state index is 13.7. The Bertz CT molecular complexity index is 939. The average molecular weight is 378 g/mol. The summed E-state index contributed by atoms with van der Waals surface area (Å²) in [5, 5.41) is 7.10. The van der Waals surface area contributed by atoms with Crippen LogP contribution in [0.1, 0.15) is 15.9 Å². The summed E-state index contributed by atoms with van der Waals surface area (Å²) in [7, 11) is 1.55. The summed E-state index contributed by atoms with van der Waals surface area (Å²) in [6.45, 7) is 0.341. The Kier molecular flexibility index (Phi) is 5.18. The van der Waals surface area contributed by atoms with Crippen LogP contribution in [0.3, 0.4) is 0 Å². The van der Waals surface area contributed by atoms with Gasteiger partial charge in [-0.2, -0.15) is 5.10 Å². The van der Waals surface area contributed by atoms with Crippen molar-refractivity contribution < 1.29 is 18.3 Å². The molecule has 0 fully saturated rings. The van der Waals surface area contributed by atoms with Gasteiger partial charge in [-0.3, -0.25) is 9.48 Å². The zero-order valence-corrected chi connectivity index (χ0v) is 14.4. The Morgan fingerprint density at radius 2 is 2.00 bits per heavy atom. The van der Waals surface area contributed by atoms with Gasteiger partial charge < -0.3 is 10.1 Å². The van der Waals surface area contributed by atoms with Crippen molar-refractivity contribution in [3.8, 4) is 5.75 Å². The second-order valence-corrected chi connectivity index (χ2v) is 5.87. The molecule has 1 amide bonds. The number of nitrogens with one attached hydrogen (secondary N) is 1. The fraction of sp³-hybridized carbons (Fsp3) is 0.111. The molecule has 0 spiro atoms. The number of hydrogen-bond donors (Lipinski definition) is 1. The molecular formula is C18H14ClF2N3O2. The molecule has 0 unspecified atom stereocenters. The third-order valence-electron chi connectivity index (χ3n) is 3.66. The molecule has 26 heavy (non-hydrogen) atoms. The van der Waals surface area contributed by atoms with E-state index in [4.69, 9.17) is 16.3 Å². The third kappa shape index (κ3) is 3.83. The smallest absolute Gasteiger partial charge is 0.261 e. The summed E-state index contributed by atoms with van der Waals surface area (Å²) in [5.74, 6) is -2.11. The monoisotopic (exact) mass is 377 g/mol. The molecule has 2 aromatic carbocycles. The number of halogens is 3. The Balaban J connectivity index is 1.76. The summed E-state index contributed by atoms with van der Waals surface area (Å²) < 4.78 is 34.2. The first-order valence-electron chi connectivity index (χ1n) is 7.58. The SMILES string of the molecule is COc1ccc(Cl)cc1Cn1cc(NC(=O)c2c(F)cccc2F)cn1. The molecule has 1 aromatic heterocycles. The maximum atomic E-state index is 13.7. The van der Waals surface area contributed by atoms with Gasteiger partial charge in [0.2, 0.25) is 0 Å². The predicted molar refractivity (Wildman–Crippen MR) is 93.6 cm³/mol. The third-order valence-corrected chi connectivity index (χ3v) is 3.89. The van der Waals surface area contributed by atoms with Crippen LogP contribution in [0.4, 0.5) is 14.5 Å². The van der Waals surface area contributed by atoms with Gasteiger partial charge in [0.05, 0.1) is 25.5 Å². The van der Waals surface area contributed by atoms with E-state index >= 15 is 0 Å². The van der Waals surface area contributed by atoms with Gasteiger partial charge in [0.1, 0.15) is 22.9 Å². The van der Waals surface area contributed by atoms with Crippen molar-refractivity contribution >= 4 is 23.2 Å². The van der Waals surface area contributed by atoms with Gasteiger partial charge in [0.25, 0.3) is 5.91 Å². The van der Waals surface area contributed by atoms with Crippen molar-refractivity contribution in [1.29, 1.82) is 0 Å². The lowest BCUT2D eigenvalue weighted by Crippen LogP contribution is -2.15. The molecule has 134 valence electrons. The van der Waals surface area contributed by atoms with Crippen molar-refractivity contribution in [3.63, 3.8) is 0 Å². The van der Waals surface area contributed by atoms with Gasteiger partial charge in [-0.05, 0) is 30.3 Å². The number of benzene rings is 2. The van der Waals surface area contributed by atoms with E-state index in [9.17, 15) is 13.6 Å². The van der Waals surface area contributed by atoms with Crippen LogP contribution in [0.5, 0.6) is 5.75 Å². The molecule has 1 heterocycles. The fourth-order valence-electron chi connectivity index (χ4n) is 2.47. The molecule has 3 rings (SSSR count). The zero-order chi connectivity index (χ0) is 18.7. The summed E-state index contributed by atoms with van der Waals surface area (Å²) in [4.78, 5) is 12.1. The number of aromatic nitrogens is 2. The summed E-state index contributed by atoms with van der Waals surface area (Å²) in [6, 6.07) is 8.43. The van der Waals surface area contributed by atoms with Crippen molar-refractivity contribution in [3.05, 3.63) is 76.6 Å². The van der Waals surface area contributed by atoms with Gasteiger partial charge in [-0.15, -0.1) is 0 Å². The molecule has 3 aromatic rings. The highest BCUT2D eigenvalue weighted by molar-refractivity contribution is 6.30. The number of nitrogens with zero attached hydrogens (tertiary/aromatic N) is 2. The molecule has 0 atom stereocenters. The van der Waals surface area contributed by atoms with E-state index in [1.165, 1.54) is 18.5 Å². The molecule has 0 aliphatic carbocycles. The number of methoxy groups -OCH3 is 1. The summed E-state index contributed by atoms with van der Waals surface area (Å²) in [6.07, 6.45) is 2.92. The quantitative estimate of drug-likeness (QED) is 0.727. The molecule has 0 saturated heterocycles. The van der Waals surface area contributed by atoms with Crippen LogP contribution in [-0.4, -0.2) is 22.8 Å². The maximum Gasteiger partial charge on any atom is 0.261 e. The number of amides is 1. The van der Waals surface area contributed by atoms with Crippen molar-refractivity contribution in [2.75, 3.05) is 12.4 Å². The number of rotatable bonds is 5. The lowest BCUT2D eigenvalue weighted by Gasteiger charge is -2.09. The van der Waals surface area contributed by atoms with Gasteiger partial charge in [0, 0.05) is 16.8 Å². The molecule has 0 aliphatic heterocycles. The molecule has 0 radical (unpaired) electrons. The van der Waals surface area contributed by atoms with Crippen LogP contribution >= 0.6 is 11.6 Å². The molecule has 0 aliphatic rings. The zero-order valence-electron chi connectivity index (χ0n) is 13.7. The van der Waals surface area contributed by atoms with Gasteiger partial charge in [0.15, 0.2) is 0 Å². The van der Waals surface area contributed by atoms with E-state index in [0.29, 0.717) is 23.0 Å². The van der Waals surface area contributed by atoms with Crippen molar-refractivity contribution in [2.24, 2.45) is 0 Å². The van der Waals surface area contributed by atoms with Crippen LogP contribution in [0.25, 0.3) is 0 Å². The number of carbonyl (C=O) groups is 1. The highest BCUT2D eigenvalue weighted by atomic mass is 35.5. The first-order valence-corrected chi connectivity index (χ1v) is 7.96. The number of anilines is 1. The van der Waals surface area contributed by atoms with Crippen molar-refractivity contribution in [2.45, 2.75) is 6.54 Å². The number of carbonyl (C=O) groups excluding carboxylic acids is 1. The first kappa shape index (κ1) is 17.9. The fourth-order valence-corrected chi connectivity index (χ4v) is 2.66. The standard InChI is InChI=1S/C18H14ClF2N3O2/c1-26-16-6-5-12(19)7-11(16)9-24-10-13(8-22-24)23-18(25)17-14(20)3-2-4-15(17)21/h2-8,10H,9H2,1H3,(H,23,25). The lowest BCUT2D eigenvalue weighted by molar-refractivity contribution is 0.101. The van der Waals surface area contributed by atoms with Gasteiger partial charge >= 0.3 is 0 Å². The largest absolute Gasteiger partial charge is 0.496 e. The summed E-state index contributed by atoms with van der Waals surface area (Å²) in [5.41, 5.74) is 0.455. The van der Waals surface area contributed by atoms with Crippen LogP contribution < -0.4 is 10.1 Å². The normalized spacial score (nSPS) is 10.6. The van der Waals surface area contributed by atoms with Crippen LogP contribution in [0, 0.1) is 11.6 Å². The Labute approximate surface area is 153 Å². The highest BCUT2D eigenvalue weighted by Crippen LogP contribution is 2.24. The van der Waals surface area contributed by atoms with Gasteiger partial charge in [-0.25, -0.2) is 8.78 Å². The van der Waals surface area contributed by atoms with Crippen LogP contribution in [0.15, 0.2) is 48.8 Å². The van der Waals surface area contributed by atoms with E-state index in [0.717, 1.165) is 17.7 Å². The predicted octanol–water partition coefficient (Wildman–Crippen LogP) is 4.12. The molecule has 1 N–H and O–H groups in total. The topological polar surface area (TPSA) is 56.1 Å². The highest BCUT2D eigenvalue weighted by Gasteiger charge is 2.17. The van der Waals surface area contributed by atoms with Crippen LogP contribution in [0.2, 0.25) is 5.02 Å². The minimum atomic E-state index is -0.932. The summed E-state index contributed by atoms with van der Waals surface area (Å²) >= 11 is 6.00. The Morgan fingerprint density at radius 1 is 1.27 bits per heavy atom. The van der Waals surface area contributed by atoms with Crippen LogP contribution in [-0.2, 0) is 6.54 Å². The Hall–Kier alpha value is -2.93. The average Bonchev–Trinajstić information content (AvgIpc) is 3.02. The first-order chi connectivity index (χ1) is 12.5. The van der Waals surface area contributed by atoms with Gasteiger partial charge in [-0.1, -0.05) is 17.7 Å². The van der Waals surface area contributed by atoms with Crippen molar-refractivity contribution in [1.82, 2.24) is 9.78 Å². The molecule has 8 heteroatoms. The number of hydrogen-bond acceptors (Lipinski definition) is 3. The minimum Gasteiger partial charge on any atom is -0.496 e.